The van der Waals surface area contributed by atoms with E-state index in [-0.39, 0.29) is 36.4 Å². The number of alkyl carbamates (subject to hydrolysis) is 1. The largest absolute Gasteiger partial charge is 0.493 e. The Labute approximate surface area is 241 Å². The predicted octanol–water partition coefficient (Wildman–Crippen LogP) is 3.43. The van der Waals surface area contributed by atoms with E-state index in [0.29, 0.717) is 62.0 Å². The minimum absolute atomic E-state index is 0.0768. The van der Waals surface area contributed by atoms with E-state index in [1.54, 1.807) is 49.5 Å². The van der Waals surface area contributed by atoms with E-state index in [9.17, 15) is 14.4 Å². The molecule has 2 aromatic rings. The second-order valence-electron chi connectivity index (χ2n) is 10.2. The summed E-state index contributed by atoms with van der Waals surface area (Å²) < 4.78 is 22.1. The molecular weight excluding hydrogens is 528 g/mol. The summed E-state index contributed by atoms with van der Waals surface area (Å²) in [7, 11) is 3.20. The number of carbonyl (C=O) groups excluding carboxylic acids is 3. The van der Waals surface area contributed by atoms with Gasteiger partial charge in [-0.3, -0.25) is 9.59 Å². The van der Waals surface area contributed by atoms with Crippen LogP contribution in [0.4, 0.5) is 10.5 Å². The van der Waals surface area contributed by atoms with Crippen molar-refractivity contribution < 1.29 is 33.3 Å². The fourth-order valence-electron chi connectivity index (χ4n) is 4.55. The summed E-state index contributed by atoms with van der Waals surface area (Å²) in [4.78, 5) is 39.2. The van der Waals surface area contributed by atoms with Gasteiger partial charge in [-0.25, -0.2) is 4.79 Å². The zero-order valence-electron chi connectivity index (χ0n) is 24.5. The Balaban J connectivity index is 1.59. The average Bonchev–Trinajstić information content (AvgIpc) is 3.39. The number of nitrogens with one attached hydrogen (secondary N) is 3. The molecule has 0 radical (unpaired) electrons. The molecule has 0 saturated carbocycles. The van der Waals surface area contributed by atoms with Crippen LogP contribution in [0.1, 0.15) is 43.1 Å². The van der Waals surface area contributed by atoms with Crippen LogP contribution in [0.3, 0.4) is 0 Å². The molecule has 0 spiro atoms. The van der Waals surface area contributed by atoms with Crippen molar-refractivity contribution in [3.63, 3.8) is 0 Å². The van der Waals surface area contributed by atoms with Crippen molar-refractivity contribution in [1.82, 2.24) is 15.5 Å². The smallest absolute Gasteiger partial charge is 0.407 e. The van der Waals surface area contributed by atoms with E-state index in [0.717, 1.165) is 5.56 Å². The van der Waals surface area contributed by atoms with Crippen LogP contribution in [-0.2, 0) is 20.8 Å². The van der Waals surface area contributed by atoms with Crippen LogP contribution in [0, 0.1) is 5.92 Å². The Bertz CT molecular complexity index is 1160. The molecule has 1 fully saturated rings. The quantitative estimate of drug-likeness (QED) is 0.295. The van der Waals surface area contributed by atoms with Gasteiger partial charge in [0.25, 0.3) is 5.91 Å². The summed E-state index contributed by atoms with van der Waals surface area (Å²) in [5.41, 5.74) is 2.05. The highest BCUT2D eigenvalue weighted by Gasteiger charge is 2.34. The van der Waals surface area contributed by atoms with Crippen LogP contribution in [0.15, 0.2) is 42.5 Å². The minimum atomic E-state index is -0.525. The van der Waals surface area contributed by atoms with E-state index < -0.39 is 6.09 Å². The number of hydrogen-bond donors (Lipinski definition) is 3. The highest BCUT2D eigenvalue weighted by atomic mass is 16.6. The SMILES string of the molecule is COCCCOc1cc(C(=O)N(C[C@@H]2CNC[C@H]2OC(=O)NCc2ccc(NC(C)=O)cc2)C(C)C)ccc1OC. The zero-order valence-corrected chi connectivity index (χ0v) is 24.5. The van der Waals surface area contributed by atoms with E-state index in [1.807, 2.05) is 26.0 Å². The second-order valence-corrected chi connectivity index (χ2v) is 10.2. The van der Waals surface area contributed by atoms with Gasteiger partial charge >= 0.3 is 6.09 Å². The molecule has 2 atom stereocenters. The fraction of sp³-hybridized carbons (Fsp3) is 0.500. The van der Waals surface area contributed by atoms with Crippen molar-refractivity contribution in [2.75, 3.05) is 52.4 Å². The normalized spacial score (nSPS) is 16.2. The fourth-order valence-corrected chi connectivity index (χ4v) is 4.55. The van der Waals surface area contributed by atoms with Crippen molar-refractivity contribution in [1.29, 1.82) is 0 Å². The van der Waals surface area contributed by atoms with Crippen LogP contribution in [0.25, 0.3) is 0 Å². The summed E-state index contributed by atoms with van der Waals surface area (Å²) in [5, 5.41) is 8.77. The van der Waals surface area contributed by atoms with Gasteiger partial charge < -0.3 is 39.8 Å². The molecular formula is C30H42N4O7. The van der Waals surface area contributed by atoms with Gasteiger partial charge in [0.1, 0.15) is 6.10 Å². The number of hydrogen-bond acceptors (Lipinski definition) is 8. The van der Waals surface area contributed by atoms with Gasteiger partial charge in [0.2, 0.25) is 5.91 Å². The third kappa shape index (κ3) is 9.65. The molecule has 1 saturated heterocycles. The monoisotopic (exact) mass is 570 g/mol. The Kier molecular flexibility index (Phi) is 12.2. The lowest BCUT2D eigenvalue weighted by Crippen LogP contribution is -2.44. The lowest BCUT2D eigenvalue weighted by Gasteiger charge is -2.31. The first-order chi connectivity index (χ1) is 19.7. The maximum Gasteiger partial charge on any atom is 0.407 e. The first kappa shape index (κ1) is 31.7. The molecule has 0 aliphatic carbocycles. The lowest BCUT2D eigenvalue weighted by atomic mass is 10.0. The van der Waals surface area contributed by atoms with Crippen molar-refractivity contribution in [2.24, 2.45) is 5.92 Å². The average molecular weight is 571 g/mol. The number of nitrogens with zero attached hydrogens (tertiary/aromatic N) is 1. The van der Waals surface area contributed by atoms with Crippen molar-refractivity contribution in [2.45, 2.75) is 45.9 Å². The van der Waals surface area contributed by atoms with Gasteiger partial charge in [-0.15, -0.1) is 0 Å². The Morgan fingerprint density at radius 1 is 1.02 bits per heavy atom. The molecule has 1 heterocycles. The molecule has 0 bridgehead atoms. The van der Waals surface area contributed by atoms with Crippen LogP contribution >= 0.6 is 0 Å². The Morgan fingerprint density at radius 3 is 2.44 bits per heavy atom. The van der Waals surface area contributed by atoms with Gasteiger partial charge in [0.15, 0.2) is 11.5 Å². The lowest BCUT2D eigenvalue weighted by molar-refractivity contribution is -0.114. The molecule has 224 valence electrons. The van der Waals surface area contributed by atoms with Crippen LogP contribution < -0.4 is 25.4 Å². The summed E-state index contributed by atoms with van der Waals surface area (Å²) in [6, 6.07) is 12.3. The maximum absolute atomic E-state index is 13.6. The van der Waals surface area contributed by atoms with E-state index in [1.165, 1.54) is 6.92 Å². The molecule has 11 heteroatoms. The van der Waals surface area contributed by atoms with Crippen molar-refractivity contribution in [3.05, 3.63) is 53.6 Å². The number of amides is 3. The first-order valence-corrected chi connectivity index (χ1v) is 13.8. The maximum atomic E-state index is 13.6. The summed E-state index contributed by atoms with van der Waals surface area (Å²) in [6.07, 6.45) is -0.200. The number of methoxy groups -OCH3 is 2. The number of rotatable bonds is 14. The van der Waals surface area contributed by atoms with E-state index in [4.69, 9.17) is 18.9 Å². The number of benzene rings is 2. The molecule has 3 N–H and O–H groups in total. The van der Waals surface area contributed by atoms with Crippen molar-refractivity contribution >= 4 is 23.6 Å². The van der Waals surface area contributed by atoms with Gasteiger partial charge in [0.05, 0.1) is 13.7 Å². The summed E-state index contributed by atoms with van der Waals surface area (Å²) >= 11 is 0. The third-order valence-corrected chi connectivity index (χ3v) is 6.72. The zero-order chi connectivity index (χ0) is 29.8. The van der Waals surface area contributed by atoms with Crippen molar-refractivity contribution in [3.8, 4) is 11.5 Å². The summed E-state index contributed by atoms with van der Waals surface area (Å²) in [6.45, 7) is 8.22. The second kappa shape index (κ2) is 15.8. The van der Waals surface area contributed by atoms with Gasteiger partial charge in [-0.05, 0) is 49.7 Å². The molecule has 0 aromatic heterocycles. The molecule has 3 rings (SSSR count). The molecule has 3 amide bonds. The molecule has 1 aliphatic heterocycles. The summed E-state index contributed by atoms with van der Waals surface area (Å²) in [5.74, 6) is 0.698. The van der Waals surface area contributed by atoms with Gasteiger partial charge in [-0.2, -0.15) is 0 Å². The molecule has 0 unspecified atom stereocenters. The highest BCUT2D eigenvalue weighted by molar-refractivity contribution is 5.95. The molecule has 2 aromatic carbocycles. The van der Waals surface area contributed by atoms with Crippen LogP contribution in [0.5, 0.6) is 11.5 Å². The standard InChI is InChI=1S/C30H42N4O7/c1-20(2)34(29(36)23-9-12-26(39-5)27(15-23)40-14-6-13-38-4)19-24-17-31-18-28(24)41-30(37)32-16-22-7-10-25(11-8-22)33-21(3)35/h7-12,15,20,24,28,31H,6,13-14,16-19H2,1-5H3,(H,32,37)(H,33,35)/t24-,28+/m0/s1. The Morgan fingerprint density at radius 2 is 1.78 bits per heavy atom. The van der Waals surface area contributed by atoms with E-state index in [2.05, 4.69) is 16.0 Å². The number of ether oxygens (including phenoxy) is 4. The third-order valence-electron chi connectivity index (χ3n) is 6.72. The van der Waals surface area contributed by atoms with Crippen LogP contribution in [0.2, 0.25) is 0 Å². The van der Waals surface area contributed by atoms with Gasteiger partial charge in [0, 0.05) is 76.5 Å². The Hall–Kier alpha value is -3.83. The topological polar surface area (TPSA) is 127 Å². The molecule has 41 heavy (non-hydrogen) atoms. The molecule has 1 aliphatic rings. The highest BCUT2D eigenvalue weighted by Crippen LogP contribution is 2.29. The predicted molar refractivity (Wildman–Crippen MR) is 155 cm³/mol. The number of carbonyl (C=O) groups is 3. The first-order valence-electron chi connectivity index (χ1n) is 13.8. The minimum Gasteiger partial charge on any atom is -0.493 e. The molecule has 11 nitrogen and oxygen atoms in total. The van der Waals surface area contributed by atoms with Gasteiger partial charge in [-0.1, -0.05) is 12.1 Å². The van der Waals surface area contributed by atoms with Crippen LogP contribution in [-0.4, -0.2) is 82.0 Å². The van der Waals surface area contributed by atoms with E-state index >= 15 is 0 Å². The number of anilines is 1.